The molecule has 9 heteroatoms. The molecule has 1 aromatic heterocycles. The normalized spacial score (nSPS) is 16.3. The van der Waals surface area contributed by atoms with Gasteiger partial charge in [-0.05, 0) is 65.0 Å². The van der Waals surface area contributed by atoms with Gasteiger partial charge in [0.15, 0.2) is 5.76 Å². The molecule has 0 saturated heterocycles. The van der Waals surface area contributed by atoms with E-state index in [1.54, 1.807) is 6.07 Å². The lowest BCUT2D eigenvalue weighted by Gasteiger charge is -2.42. The van der Waals surface area contributed by atoms with Gasteiger partial charge in [0.2, 0.25) is 0 Å². The number of fused-ring (bicyclic) bond motifs is 1. The Morgan fingerprint density at radius 2 is 1.57 bits per heavy atom. The van der Waals surface area contributed by atoms with Crippen LogP contribution in [0.4, 0.5) is 18.9 Å². The van der Waals surface area contributed by atoms with Crippen LogP contribution in [0.3, 0.4) is 0 Å². The highest BCUT2D eigenvalue weighted by molar-refractivity contribution is 6.40. The minimum atomic E-state index is -4.90. The highest BCUT2D eigenvalue weighted by Gasteiger charge is 2.37. The molecule has 4 nitrogen and oxygen atoms in total. The summed E-state index contributed by atoms with van der Waals surface area (Å²) in [5.41, 5.74) is 5.14. The average Bonchev–Trinajstić information content (AvgIpc) is 3.23. The molecule has 1 aliphatic rings. The van der Waals surface area contributed by atoms with E-state index in [0.717, 1.165) is 36.1 Å². The van der Waals surface area contributed by atoms with Crippen LogP contribution in [0.2, 0.25) is 10.0 Å². The van der Waals surface area contributed by atoms with Gasteiger partial charge in [-0.15, -0.1) is 13.2 Å². The SMILES string of the molecule is Cc1cc2c(cc1Cc1ccc(C(=O)Nc3c(Cl)cc(OC(F)(F)F)cc3Cl)o1)C(C)(C)CCC2(C)C. The first kappa shape index (κ1) is 27.4. The third-order valence-corrected chi connectivity index (χ3v) is 7.64. The molecule has 0 bridgehead atoms. The van der Waals surface area contributed by atoms with E-state index in [1.165, 1.54) is 17.2 Å². The summed E-state index contributed by atoms with van der Waals surface area (Å²) in [6, 6.07) is 9.65. The van der Waals surface area contributed by atoms with Gasteiger partial charge in [-0.1, -0.05) is 63.0 Å². The van der Waals surface area contributed by atoms with E-state index < -0.39 is 18.0 Å². The van der Waals surface area contributed by atoms with Gasteiger partial charge in [-0.2, -0.15) is 0 Å². The highest BCUT2D eigenvalue weighted by atomic mass is 35.5. The molecule has 0 unspecified atom stereocenters. The zero-order valence-electron chi connectivity index (χ0n) is 21.2. The molecule has 0 radical (unpaired) electrons. The minimum absolute atomic E-state index is 0.0230. The molecule has 4 rings (SSSR count). The predicted octanol–water partition coefficient (Wildman–Crippen LogP) is 8.99. The van der Waals surface area contributed by atoms with E-state index in [1.807, 2.05) is 0 Å². The second kappa shape index (κ2) is 9.59. The van der Waals surface area contributed by atoms with E-state index in [9.17, 15) is 18.0 Å². The first-order chi connectivity index (χ1) is 17.1. The number of anilines is 1. The zero-order chi connectivity index (χ0) is 27.3. The van der Waals surface area contributed by atoms with Gasteiger partial charge in [0.25, 0.3) is 5.91 Å². The number of ether oxygens (including phenoxy) is 1. The maximum absolute atomic E-state index is 12.8. The molecular formula is C28H28Cl2F3NO3. The molecule has 0 atom stereocenters. The lowest BCUT2D eigenvalue weighted by molar-refractivity contribution is -0.274. The van der Waals surface area contributed by atoms with Crippen LogP contribution in [-0.2, 0) is 17.3 Å². The summed E-state index contributed by atoms with van der Waals surface area (Å²) in [6.45, 7) is 11.2. The molecule has 0 aliphatic heterocycles. The number of benzene rings is 2. The van der Waals surface area contributed by atoms with Crippen LogP contribution < -0.4 is 10.1 Å². The molecule has 3 aromatic rings. The number of hydrogen-bond acceptors (Lipinski definition) is 3. The summed E-state index contributed by atoms with van der Waals surface area (Å²) < 4.78 is 47.1. The van der Waals surface area contributed by atoms with Gasteiger partial charge in [-0.3, -0.25) is 4.79 Å². The van der Waals surface area contributed by atoms with Gasteiger partial charge in [0.1, 0.15) is 11.5 Å². The second-order valence-electron chi connectivity index (χ2n) is 10.8. The average molecular weight is 554 g/mol. The molecule has 1 amide bonds. The zero-order valence-corrected chi connectivity index (χ0v) is 22.7. The van der Waals surface area contributed by atoms with Crippen molar-refractivity contribution >= 4 is 34.8 Å². The number of amides is 1. The minimum Gasteiger partial charge on any atom is -0.456 e. The molecule has 37 heavy (non-hydrogen) atoms. The molecule has 1 heterocycles. The highest BCUT2D eigenvalue weighted by Crippen LogP contribution is 2.46. The number of halogens is 5. The first-order valence-corrected chi connectivity index (χ1v) is 12.6. The molecule has 0 fully saturated rings. The number of nitrogens with one attached hydrogen (secondary N) is 1. The van der Waals surface area contributed by atoms with Crippen LogP contribution in [0.25, 0.3) is 0 Å². The van der Waals surface area contributed by atoms with Crippen molar-refractivity contribution in [2.75, 3.05) is 5.32 Å². The van der Waals surface area contributed by atoms with E-state index in [4.69, 9.17) is 27.6 Å². The van der Waals surface area contributed by atoms with E-state index in [0.29, 0.717) is 12.2 Å². The fourth-order valence-corrected chi connectivity index (χ4v) is 5.34. The van der Waals surface area contributed by atoms with Crippen molar-refractivity contribution in [1.82, 2.24) is 0 Å². The van der Waals surface area contributed by atoms with Crippen molar-refractivity contribution in [3.05, 3.63) is 80.2 Å². The van der Waals surface area contributed by atoms with Crippen molar-refractivity contribution in [3.8, 4) is 5.75 Å². The Morgan fingerprint density at radius 3 is 2.14 bits per heavy atom. The van der Waals surface area contributed by atoms with Gasteiger partial charge in [0.05, 0.1) is 15.7 Å². The number of carbonyl (C=O) groups excluding carboxylic acids is 1. The third kappa shape index (κ3) is 5.93. The van der Waals surface area contributed by atoms with Gasteiger partial charge < -0.3 is 14.5 Å². The van der Waals surface area contributed by atoms with Crippen LogP contribution >= 0.6 is 23.2 Å². The third-order valence-electron chi connectivity index (χ3n) is 7.05. The van der Waals surface area contributed by atoms with Crippen LogP contribution in [0, 0.1) is 6.92 Å². The molecule has 1 aliphatic carbocycles. The molecule has 2 aromatic carbocycles. The monoisotopic (exact) mass is 553 g/mol. The quantitative estimate of drug-likeness (QED) is 0.343. The maximum Gasteiger partial charge on any atom is 0.573 e. The van der Waals surface area contributed by atoms with Crippen LogP contribution in [0.5, 0.6) is 5.75 Å². The number of hydrogen-bond donors (Lipinski definition) is 1. The van der Waals surface area contributed by atoms with E-state index in [2.05, 4.69) is 56.8 Å². The van der Waals surface area contributed by atoms with Crippen LogP contribution in [0.1, 0.15) is 79.1 Å². The van der Waals surface area contributed by atoms with Gasteiger partial charge in [-0.25, -0.2) is 0 Å². The Labute approximate surface area is 224 Å². The standard InChI is InChI=1S/C28H28Cl2F3NO3/c1-15-10-19-20(27(4,5)9-8-26(19,2)3)12-16(15)11-17-6-7-23(36-17)25(35)34-24-21(29)13-18(14-22(24)30)37-28(31,32)33/h6-7,10,12-14H,8-9,11H2,1-5H3,(H,34,35). The van der Waals surface area contributed by atoms with Crippen LogP contribution in [-0.4, -0.2) is 12.3 Å². The predicted molar refractivity (Wildman–Crippen MR) is 139 cm³/mol. The van der Waals surface area contributed by atoms with Crippen molar-refractivity contribution in [2.45, 2.75) is 71.1 Å². The Bertz CT molecular complexity index is 1340. The maximum atomic E-state index is 12.8. The summed E-state index contributed by atoms with van der Waals surface area (Å²) in [5.74, 6) is -0.598. The first-order valence-electron chi connectivity index (χ1n) is 11.8. The fourth-order valence-electron chi connectivity index (χ4n) is 4.78. The topological polar surface area (TPSA) is 51.5 Å². The van der Waals surface area contributed by atoms with Crippen molar-refractivity contribution in [3.63, 3.8) is 0 Å². The lowest BCUT2D eigenvalue weighted by Crippen LogP contribution is -2.34. The van der Waals surface area contributed by atoms with Crippen molar-refractivity contribution in [1.29, 1.82) is 0 Å². The summed E-state index contributed by atoms with van der Waals surface area (Å²) in [7, 11) is 0. The summed E-state index contributed by atoms with van der Waals surface area (Å²) in [5, 5.41) is 2.09. The smallest absolute Gasteiger partial charge is 0.456 e. The summed E-state index contributed by atoms with van der Waals surface area (Å²) in [6.07, 6.45) is -2.15. The number of carbonyl (C=O) groups is 1. The summed E-state index contributed by atoms with van der Waals surface area (Å²) >= 11 is 12.1. The van der Waals surface area contributed by atoms with E-state index >= 15 is 0 Å². The molecular weight excluding hydrogens is 526 g/mol. The van der Waals surface area contributed by atoms with Gasteiger partial charge >= 0.3 is 6.36 Å². The Morgan fingerprint density at radius 1 is 1.00 bits per heavy atom. The molecule has 198 valence electrons. The molecule has 0 spiro atoms. The van der Waals surface area contributed by atoms with Crippen molar-refractivity contribution in [2.24, 2.45) is 0 Å². The number of furan rings is 1. The molecule has 1 N–H and O–H groups in total. The van der Waals surface area contributed by atoms with E-state index in [-0.39, 0.29) is 32.3 Å². The number of alkyl halides is 3. The summed E-state index contributed by atoms with van der Waals surface area (Å²) in [4.78, 5) is 12.8. The Kier molecular flexibility index (Phi) is 7.10. The lowest BCUT2D eigenvalue weighted by atomic mass is 9.62. The largest absolute Gasteiger partial charge is 0.573 e. The van der Waals surface area contributed by atoms with Crippen LogP contribution in [0.15, 0.2) is 40.8 Å². The Hall–Kier alpha value is -2.64. The van der Waals surface area contributed by atoms with Gasteiger partial charge in [0, 0.05) is 18.6 Å². The molecule has 0 saturated carbocycles. The Balaban J connectivity index is 1.53. The second-order valence-corrected chi connectivity index (χ2v) is 11.6. The van der Waals surface area contributed by atoms with Crippen molar-refractivity contribution < 1.29 is 27.1 Å². The number of aryl methyl sites for hydroxylation is 1. The number of rotatable bonds is 5. The fraction of sp³-hybridized carbons (Fsp3) is 0.393.